The van der Waals surface area contributed by atoms with E-state index in [0.29, 0.717) is 5.82 Å². The van der Waals surface area contributed by atoms with Gasteiger partial charge in [-0.2, -0.15) is 0 Å². The lowest BCUT2D eigenvalue weighted by atomic mass is 10.1. The van der Waals surface area contributed by atoms with Crippen molar-refractivity contribution in [1.29, 1.82) is 0 Å². The zero-order valence-corrected chi connectivity index (χ0v) is 8.03. The van der Waals surface area contributed by atoms with Crippen molar-refractivity contribution in [3.8, 4) is 0 Å². The van der Waals surface area contributed by atoms with Gasteiger partial charge in [0.25, 0.3) is 0 Å². The van der Waals surface area contributed by atoms with Gasteiger partial charge in [0.2, 0.25) is 0 Å². The highest BCUT2D eigenvalue weighted by Crippen LogP contribution is 2.10. The number of pyridine rings is 1. The number of aryl methyl sites for hydroxylation is 1. The number of hydrogen-bond donors (Lipinski definition) is 2. The van der Waals surface area contributed by atoms with Crippen LogP contribution >= 0.6 is 0 Å². The highest BCUT2D eigenvalue weighted by Gasteiger charge is 1.99. The lowest BCUT2D eigenvalue weighted by Crippen LogP contribution is -2.14. The molecule has 1 heterocycles. The Labute approximate surface area is 79.2 Å². The number of aromatic nitrogens is 1. The van der Waals surface area contributed by atoms with Crippen LogP contribution in [0.25, 0.3) is 0 Å². The molecule has 0 aliphatic carbocycles. The first-order valence-corrected chi connectivity index (χ1v) is 4.65. The van der Waals surface area contributed by atoms with Crippen molar-refractivity contribution < 1.29 is 0 Å². The van der Waals surface area contributed by atoms with E-state index in [-0.39, 0.29) is 6.04 Å². The third-order valence-electron chi connectivity index (χ3n) is 2.03. The van der Waals surface area contributed by atoms with Crippen molar-refractivity contribution in [2.24, 2.45) is 5.73 Å². The monoisotopic (exact) mass is 179 g/mol. The molecule has 72 valence electrons. The molecule has 0 amide bonds. The van der Waals surface area contributed by atoms with Crippen LogP contribution in [0.15, 0.2) is 18.3 Å². The van der Waals surface area contributed by atoms with Crippen molar-refractivity contribution in [2.75, 3.05) is 5.73 Å². The summed E-state index contributed by atoms with van der Waals surface area (Å²) in [7, 11) is 0. The van der Waals surface area contributed by atoms with E-state index in [2.05, 4.69) is 4.98 Å². The fourth-order valence-corrected chi connectivity index (χ4v) is 1.28. The summed E-state index contributed by atoms with van der Waals surface area (Å²) in [5.41, 5.74) is 12.5. The van der Waals surface area contributed by atoms with E-state index in [1.807, 2.05) is 19.1 Å². The Balaban J connectivity index is 2.41. The summed E-state index contributed by atoms with van der Waals surface area (Å²) < 4.78 is 0. The van der Waals surface area contributed by atoms with Crippen LogP contribution in [0, 0.1) is 0 Å². The molecule has 13 heavy (non-hydrogen) atoms. The van der Waals surface area contributed by atoms with Crippen LogP contribution in [-0.4, -0.2) is 11.0 Å². The first-order valence-electron chi connectivity index (χ1n) is 4.65. The molecular weight excluding hydrogens is 162 g/mol. The van der Waals surface area contributed by atoms with Gasteiger partial charge < -0.3 is 11.5 Å². The second-order valence-electron chi connectivity index (χ2n) is 3.42. The predicted octanol–water partition coefficient (Wildman–Crippen LogP) is 1.33. The number of nitrogens with zero attached hydrogens (tertiary/aromatic N) is 1. The van der Waals surface area contributed by atoms with Gasteiger partial charge in [-0.1, -0.05) is 6.07 Å². The lowest BCUT2D eigenvalue weighted by Gasteiger charge is -2.05. The number of nitrogens with two attached hydrogens (primary N) is 2. The quantitative estimate of drug-likeness (QED) is 0.733. The van der Waals surface area contributed by atoms with Gasteiger partial charge in [0.1, 0.15) is 5.82 Å². The summed E-state index contributed by atoms with van der Waals surface area (Å²) in [5, 5.41) is 0. The summed E-state index contributed by atoms with van der Waals surface area (Å²) in [4.78, 5) is 4.02. The van der Waals surface area contributed by atoms with Crippen LogP contribution < -0.4 is 11.5 Å². The average molecular weight is 179 g/mol. The van der Waals surface area contributed by atoms with Gasteiger partial charge in [0.05, 0.1) is 0 Å². The van der Waals surface area contributed by atoms with Crippen molar-refractivity contribution in [3.05, 3.63) is 23.9 Å². The Morgan fingerprint density at radius 3 is 2.92 bits per heavy atom. The third-order valence-corrected chi connectivity index (χ3v) is 2.03. The van der Waals surface area contributed by atoms with E-state index < -0.39 is 0 Å². The molecule has 1 atom stereocenters. The van der Waals surface area contributed by atoms with E-state index in [0.717, 1.165) is 24.8 Å². The molecule has 1 rings (SSSR count). The molecule has 0 spiro atoms. The minimum absolute atomic E-state index is 0.276. The van der Waals surface area contributed by atoms with E-state index >= 15 is 0 Å². The fraction of sp³-hybridized carbons (Fsp3) is 0.500. The highest BCUT2D eigenvalue weighted by molar-refractivity contribution is 5.38. The highest BCUT2D eigenvalue weighted by atomic mass is 14.8. The minimum Gasteiger partial charge on any atom is -0.383 e. The van der Waals surface area contributed by atoms with Crippen LogP contribution in [-0.2, 0) is 6.42 Å². The van der Waals surface area contributed by atoms with Gasteiger partial charge in [-0.05, 0) is 37.8 Å². The third kappa shape index (κ3) is 3.42. The Bertz CT molecular complexity index is 258. The summed E-state index contributed by atoms with van der Waals surface area (Å²) in [6.45, 7) is 2.02. The zero-order valence-electron chi connectivity index (χ0n) is 8.03. The van der Waals surface area contributed by atoms with Gasteiger partial charge in [0, 0.05) is 12.2 Å². The van der Waals surface area contributed by atoms with Crippen LogP contribution in [0.4, 0.5) is 5.82 Å². The zero-order chi connectivity index (χ0) is 9.68. The molecule has 1 aromatic heterocycles. The van der Waals surface area contributed by atoms with E-state index in [1.54, 1.807) is 6.20 Å². The first-order chi connectivity index (χ1) is 6.20. The Kier molecular flexibility index (Phi) is 3.71. The van der Waals surface area contributed by atoms with Crippen LogP contribution in [0.1, 0.15) is 25.3 Å². The molecule has 0 saturated carbocycles. The topological polar surface area (TPSA) is 64.9 Å². The van der Waals surface area contributed by atoms with E-state index in [4.69, 9.17) is 11.5 Å². The molecule has 0 aromatic carbocycles. The molecule has 4 N–H and O–H groups in total. The molecule has 3 heteroatoms. The van der Waals surface area contributed by atoms with Crippen molar-refractivity contribution in [1.82, 2.24) is 4.98 Å². The second-order valence-corrected chi connectivity index (χ2v) is 3.42. The average Bonchev–Trinajstić information content (AvgIpc) is 2.08. The maximum atomic E-state index is 5.70. The van der Waals surface area contributed by atoms with Crippen molar-refractivity contribution in [3.63, 3.8) is 0 Å². The standard InChI is InChI=1S/C10H17N3/c1-8(11)4-2-5-9-6-3-7-13-10(9)12/h3,6-8H,2,4-5,11H2,1H3,(H2,12,13). The minimum atomic E-state index is 0.276. The van der Waals surface area contributed by atoms with Gasteiger partial charge in [-0.3, -0.25) is 0 Å². The molecule has 0 fully saturated rings. The molecule has 1 aromatic rings. The molecular formula is C10H17N3. The number of anilines is 1. The van der Waals surface area contributed by atoms with Crippen molar-refractivity contribution >= 4 is 5.82 Å². The Morgan fingerprint density at radius 1 is 1.54 bits per heavy atom. The Morgan fingerprint density at radius 2 is 2.31 bits per heavy atom. The smallest absolute Gasteiger partial charge is 0.126 e. The number of hydrogen-bond acceptors (Lipinski definition) is 3. The van der Waals surface area contributed by atoms with Crippen LogP contribution in [0.2, 0.25) is 0 Å². The molecule has 0 aliphatic rings. The predicted molar refractivity (Wildman–Crippen MR) is 55.2 cm³/mol. The maximum Gasteiger partial charge on any atom is 0.126 e. The normalized spacial score (nSPS) is 12.8. The molecule has 1 unspecified atom stereocenters. The summed E-state index contributed by atoms with van der Waals surface area (Å²) >= 11 is 0. The maximum absolute atomic E-state index is 5.70. The Hall–Kier alpha value is -1.09. The largest absolute Gasteiger partial charge is 0.383 e. The molecule has 0 aliphatic heterocycles. The summed E-state index contributed by atoms with van der Waals surface area (Å²) in [6, 6.07) is 4.21. The molecule has 0 saturated heterocycles. The molecule has 3 nitrogen and oxygen atoms in total. The van der Waals surface area contributed by atoms with Gasteiger partial charge >= 0.3 is 0 Å². The second kappa shape index (κ2) is 4.82. The van der Waals surface area contributed by atoms with Gasteiger partial charge in [-0.25, -0.2) is 4.98 Å². The summed E-state index contributed by atoms with van der Waals surface area (Å²) in [5.74, 6) is 0.646. The molecule has 0 radical (unpaired) electrons. The van der Waals surface area contributed by atoms with Crippen LogP contribution in [0.5, 0.6) is 0 Å². The van der Waals surface area contributed by atoms with Gasteiger partial charge in [-0.15, -0.1) is 0 Å². The number of nitrogen functional groups attached to an aromatic ring is 1. The SMILES string of the molecule is CC(N)CCCc1cccnc1N. The van der Waals surface area contributed by atoms with Gasteiger partial charge in [0.15, 0.2) is 0 Å². The summed E-state index contributed by atoms with van der Waals surface area (Å²) in [6.07, 6.45) is 4.80. The first kappa shape index (κ1) is 9.99. The van der Waals surface area contributed by atoms with E-state index in [9.17, 15) is 0 Å². The lowest BCUT2D eigenvalue weighted by molar-refractivity contribution is 0.624. The van der Waals surface area contributed by atoms with E-state index in [1.165, 1.54) is 0 Å². The van der Waals surface area contributed by atoms with Crippen LogP contribution in [0.3, 0.4) is 0 Å². The fourth-order valence-electron chi connectivity index (χ4n) is 1.28. The van der Waals surface area contributed by atoms with Crippen molar-refractivity contribution in [2.45, 2.75) is 32.2 Å². The molecule has 0 bridgehead atoms. The number of rotatable bonds is 4.